The van der Waals surface area contributed by atoms with Crippen molar-refractivity contribution in [3.05, 3.63) is 40.3 Å². The van der Waals surface area contributed by atoms with Crippen LogP contribution in [0, 0.1) is 6.92 Å². The maximum absolute atomic E-state index is 12.6. The molecule has 0 atom stereocenters. The number of carboxylic acids is 1. The number of nitrogens with zero attached hydrogens (tertiary/aromatic N) is 1. The number of carbonyl (C=O) groups excluding carboxylic acids is 1. The lowest BCUT2D eigenvalue weighted by molar-refractivity contribution is -0.137. The van der Waals surface area contributed by atoms with Crippen LogP contribution < -0.4 is 0 Å². The van der Waals surface area contributed by atoms with Crippen LogP contribution in [-0.4, -0.2) is 32.7 Å². The van der Waals surface area contributed by atoms with E-state index in [0.717, 1.165) is 50.5 Å². The zero-order valence-corrected chi connectivity index (χ0v) is 18.1. The molecule has 1 heterocycles. The fourth-order valence-corrected chi connectivity index (χ4v) is 4.52. The number of thiocarbonyl (C=S) groups is 1. The van der Waals surface area contributed by atoms with Gasteiger partial charge in [0.1, 0.15) is 4.32 Å². The average Bonchev–Trinajstić information content (AvgIpc) is 2.90. The van der Waals surface area contributed by atoms with E-state index in [9.17, 15) is 9.59 Å². The summed E-state index contributed by atoms with van der Waals surface area (Å²) in [6.45, 7) is 2.73. The van der Waals surface area contributed by atoms with Gasteiger partial charge in [-0.3, -0.25) is 14.5 Å². The quantitative estimate of drug-likeness (QED) is 0.264. The fraction of sp³-hybridized carbons (Fsp3) is 0.500. The molecule has 0 radical (unpaired) electrons. The van der Waals surface area contributed by atoms with Gasteiger partial charge in [0.05, 0.1) is 4.91 Å². The molecule has 0 bridgehead atoms. The van der Waals surface area contributed by atoms with E-state index in [0.29, 0.717) is 15.8 Å². The molecule has 0 aromatic heterocycles. The van der Waals surface area contributed by atoms with E-state index in [2.05, 4.69) is 6.07 Å². The summed E-state index contributed by atoms with van der Waals surface area (Å²) in [4.78, 5) is 25.5. The number of hydrogen-bond donors (Lipinski definition) is 1. The molecule has 4 nitrogen and oxygen atoms in total. The normalized spacial score (nSPS) is 15.6. The second kappa shape index (κ2) is 12.0. The van der Waals surface area contributed by atoms with Crippen LogP contribution in [0.2, 0.25) is 0 Å². The van der Waals surface area contributed by atoms with Crippen LogP contribution in [0.25, 0.3) is 6.08 Å². The van der Waals surface area contributed by atoms with Gasteiger partial charge in [0.15, 0.2) is 0 Å². The zero-order chi connectivity index (χ0) is 20.4. The molecule has 0 saturated carbocycles. The van der Waals surface area contributed by atoms with E-state index in [-0.39, 0.29) is 12.3 Å². The first-order chi connectivity index (χ1) is 13.5. The highest BCUT2D eigenvalue weighted by Gasteiger charge is 2.31. The first-order valence-electron chi connectivity index (χ1n) is 10.0. The van der Waals surface area contributed by atoms with Gasteiger partial charge in [-0.1, -0.05) is 92.3 Å². The minimum atomic E-state index is -0.704. The third-order valence-corrected chi connectivity index (χ3v) is 6.11. The van der Waals surface area contributed by atoms with E-state index in [1.807, 2.05) is 31.2 Å². The molecule has 28 heavy (non-hydrogen) atoms. The lowest BCUT2D eigenvalue weighted by atomic mass is 10.1. The third kappa shape index (κ3) is 7.76. The van der Waals surface area contributed by atoms with Gasteiger partial charge in [-0.15, -0.1) is 0 Å². The minimum absolute atomic E-state index is 0.0231. The Balaban J connectivity index is 1.64. The summed E-state index contributed by atoms with van der Waals surface area (Å²) in [5.74, 6) is -0.681. The van der Waals surface area contributed by atoms with E-state index in [1.54, 1.807) is 4.90 Å². The highest BCUT2D eigenvalue weighted by molar-refractivity contribution is 8.26. The van der Waals surface area contributed by atoms with Gasteiger partial charge in [0.25, 0.3) is 5.91 Å². The van der Waals surface area contributed by atoms with Gasteiger partial charge in [-0.05, 0) is 31.4 Å². The number of aryl methyl sites for hydroxylation is 1. The van der Waals surface area contributed by atoms with Crippen LogP contribution in [0.1, 0.15) is 68.9 Å². The predicted octanol–water partition coefficient (Wildman–Crippen LogP) is 5.79. The SMILES string of the molecule is Cc1cccc(/C=C2\SC(=S)N(CCCCCCCCCCC(=O)O)C2=O)c1. The topological polar surface area (TPSA) is 57.6 Å². The number of rotatable bonds is 12. The molecule has 1 aromatic carbocycles. The standard InChI is InChI=1S/C22H29NO3S2/c1-17-11-10-12-18(15-17)16-19-21(26)23(22(27)28-19)14-9-7-5-3-2-4-6-8-13-20(24)25/h10-12,15-16H,2-9,13-14H2,1H3,(H,24,25)/b19-16-. The molecule has 0 aliphatic carbocycles. The molecular weight excluding hydrogens is 390 g/mol. The van der Waals surface area contributed by atoms with Crippen molar-refractivity contribution in [2.45, 2.75) is 64.7 Å². The first kappa shape index (κ1) is 22.6. The molecule has 2 rings (SSSR count). The molecule has 1 saturated heterocycles. The molecule has 1 aliphatic rings. The first-order valence-corrected chi connectivity index (χ1v) is 11.2. The lowest BCUT2D eigenvalue weighted by Gasteiger charge is -2.14. The zero-order valence-electron chi connectivity index (χ0n) is 16.5. The number of amides is 1. The van der Waals surface area contributed by atoms with Gasteiger partial charge in [-0.2, -0.15) is 0 Å². The molecule has 1 aromatic rings. The number of aliphatic carboxylic acids is 1. The van der Waals surface area contributed by atoms with Crippen LogP contribution in [-0.2, 0) is 9.59 Å². The van der Waals surface area contributed by atoms with Gasteiger partial charge in [0.2, 0.25) is 0 Å². The Morgan fingerprint density at radius 1 is 1.11 bits per heavy atom. The van der Waals surface area contributed by atoms with Gasteiger partial charge in [0, 0.05) is 13.0 Å². The average molecular weight is 420 g/mol. The molecule has 0 unspecified atom stereocenters. The number of unbranched alkanes of at least 4 members (excludes halogenated alkanes) is 7. The molecule has 1 fully saturated rings. The summed E-state index contributed by atoms with van der Waals surface area (Å²) in [7, 11) is 0. The van der Waals surface area contributed by atoms with Crippen molar-refractivity contribution in [3.8, 4) is 0 Å². The Morgan fingerprint density at radius 2 is 1.75 bits per heavy atom. The molecule has 1 N–H and O–H groups in total. The van der Waals surface area contributed by atoms with Crippen molar-refractivity contribution < 1.29 is 14.7 Å². The Morgan fingerprint density at radius 3 is 2.39 bits per heavy atom. The number of thioether (sulfide) groups is 1. The predicted molar refractivity (Wildman–Crippen MR) is 120 cm³/mol. The lowest BCUT2D eigenvalue weighted by Crippen LogP contribution is -2.29. The molecular formula is C22H29NO3S2. The van der Waals surface area contributed by atoms with Crippen LogP contribution >= 0.6 is 24.0 Å². The number of carbonyl (C=O) groups is 2. The van der Waals surface area contributed by atoms with Crippen molar-refractivity contribution in [1.82, 2.24) is 4.90 Å². The van der Waals surface area contributed by atoms with E-state index >= 15 is 0 Å². The second-order valence-electron chi connectivity index (χ2n) is 7.22. The van der Waals surface area contributed by atoms with E-state index < -0.39 is 5.97 Å². The third-order valence-electron chi connectivity index (χ3n) is 4.74. The minimum Gasteiger partial charge on any atom is -0.481 e. The molecule has 6 heteroatoms. The Hall–Kier alpha value is -1.66. The van der Waals surface area contributed by atoms with E-state index in [1.165, 1.54) is 23.7 Å². The number of benzene rings is 1. The molecule has 152 valence electrons. The van der Waals surface area contributed by atoms with E-state index in [4.69, 9.17) is 17.3 Å². The summed E-state index contributed by atoms with van der Waals surface area (Å²) >= 11 is 6.79. The maximum atomic E-state index is 12.6. The van der Waals surface area contributed by atoms with Gasteiger partial charge < -0.3 is 5.11 Å². The highest BCUT2D eigenvalue weighted by atomic mass is 32.2. The van der Waals surface area contributed by atoms with Crippen molar-refractivity contribution in [2.24, 2.45) is 0 Å². The summed E-state index contributed by atoms with van der Waals surface area (Å²) in [5, 5.41) is 8.60. The number of hydrogen-bond acceptors (Lipinski definition) is 4. The second-order valence-corrected chi connectivity index (χ2v) is 8.90. The van der Waals surface area contributed by atoms with Gasteiger partial charge >= 0.3 is 5.97 Å². The Bertz CT molecular complexity index is 730. The Labute approximate surface area is 177 Å². The summed E-state index contributed by atoms with van der Waals surface area (Å²) < 4.78 is 0.655. The number of carboxylic acid groups (broad SMARTS) is 1. The highest BCUT2D eigenvalue weighted by Crippen LogP contribution is 2.32. The van der Waals surface area contributed by atoms with Crippen LogP contribution in [0.15, 0.2) is 29.2 Å². The van der Waals surface area contributed by atoms with Crippen molar-refractivity contribution >= 4 is 46.3 Å². The summed E-state index contributed by atoms with van der Waals surface area (Å²) in [5.41, 5.74) is 2.20. The summed E-state index contributed by atoms with van der Waals surface area (Å²) in [6, 6.07) is 8.10. The van der Waals surface area contributed by atoms with Crippen LogP contribution in [0.3, 0.4) is 0 Å². The van der Waals surface area contributed by atoms with Crippen LogP contribution in [0.4, 0.5) is 0 Å². The van der Waals surface area contributed by atoms with Gasteiger partial charge in [-0.25, -0.2) is 0 Å². The molecule has 1 amide bonds. The fourth-order valence-electron chi connectivity index (χ4n) is 3.21. The van der Waals surface area contributed by atoms with Crippen molar-refractivity contribution in [2.75, 3.05) is 6.54 Å². The smallest absolute Gasteiger partial charge is 0.303 e. The molecule has 0 spiro atoms. The van der Waals surface area contributed by atoms with Crippen LogP contribution in [0.5, 0.6) is 0 Å². The Kier molecular flexibility index (Phi) is 9.71. The monoisotopic (exact) mass is 419 g/mol. The maximum Gasteiger partial charge on any atom is 0.303 e. The molecule has 1 aliphatic heterocycles. The largest absolute Gasteiger partial charge is 0.481 e. The summed E-state index contributed by atoms with van der Waals surface area (Å²) in [6.07, 6.45) is 10.6. The van der Waals surface area contributed by atoms with Crippen molar-refractivity contribution in [3.63, 3.8) is 0 Å². The van der Waals surface area contributed by atoms with Crippen molar-refractivity contribution in [1.29, 1.82) is 0 Å².